The molecular formula is C12H7ClN2O. The van der Waals surface area contributed by atoms with Crippen LogP contribution in [0.4, 0.5) is 0 Å². The number of hydrogen-bond acceptors (Lipinski definition) is 2. The van der Waals surface area contributed by atoms with E-state index in [4.69, 9.17) is 11.6 Å². The average molecular weight is 231 g/mol. The van der Waals surface area contributed by atoms with Crippen LogP contribution in [0.5, 0.6) is 0 Å². The molecule has 0 spiro atoms. The van der Waals surface area contributed by atoms with Crippen molar-refractivity contribution in [2.45, 2.75) is 0 Å². The maximum atomic E-state index is 11.5. The molecule has 0 fully saturated rings. The molecule has 0 unspecified atom stereocenters. The SMILES string of the molecule is O=C(C#Cc1cccc(Cl)c1)c1ncc[nH]1. The highest BCUT2D eigenvalue weighted by molar-refractivity contribution is 6.30. The molecule has 2 aromatic rings. The zero-order chi connectivity index (χ0) is 11.4. The number of imidazole rings is 1. The fraction of sp³-hybridized carbons (Fsp3) is 0. The van der Waals surface area contributed by atoms with Crippen LogP contribution >= 0.6 is 11.6 Å². The molecule has 0 saturated carbocycles. The number of H-pyrrole nitrogens is 1. The van der Waals surface area contributed by atoms with E-state index in [-0.39, 0.29) is 11.6 Å². The van der Waals surface area contributed by atoms with Gasteiger partial charge in [-0.05, 0) is 24.1 Å². The smallest absolute Gasteiger partial charge is 0.271 e. The van der Waals surface area contributed by atoms with Crippen LogP contribution in [-0.4, -0.2) is 15.8 Å². The van der Waals surface area contributed by atoms with Crippen LogP contribution in [-0.2, 0) is 0 Å². The second kappa shape index (κ2) is 4.65. The lowest BCUT2D eigenvalue weighted by Crippen LogP contribution is -1.97. The van der Waals surface area contributed by atoms with Gasteiger partial charge in [-0.15, -0.1) is 0 Å². The van der Waals surface area contributed by atoms with Crippen molar-refractivity contribution in [1.82, 2.24) is 9.97 Å². The van der Waals surface area contributed by atoms with Crippen molar-refractivity contribution in [2.75, 3.05) is 0 Å². The standard InChI is InChI=1S/C12H7ClN2O/c13-10-3-1-2-9(8-10)4-5-11(16)12-14-6-7-15-12/h1-3,6-8H,(H,14,15). The monoisotopic (exact) mass is 230 g/mol. The predicted molar refractivity (Wildman–Crippen MR) is 61.2 cm³/mol. The molecule has 0 aliphatic rings. The summed E-state index contributed by atoms with van der Waals surface area (Å²) in [5.41, 5.74) is 0.701. The van der Waals surface area contributed by atoms with Crippen LogP contribution in [0.3, 0.4) is 0 Å². The van der Waals surface area contributed by atoms with Crippen molar-refractivity contribution in [3.05, 3.63) is 53.1 Å². The van der Waals surface area contributed by atoms with Crippen molar-refractivity contribution in [1.29, 1.82) is 0 Å². The van der Waals surface area contributed by atoms with Gasteiger partial charge in [0.15, 0.2) is 5.82 Å². The molecule has 0 bridgehead atoms. The van der Waals surface area contributed by atoms with E-state index in [1.54, 1.807) is 30.5 Å². The van der Waals surface area contributed by atoms with Crippen molar-refractivity contribution < 1.29 is 4.79 Å². The first-order chi connectivity index (χ1) is 7.75. The number of rotatable bonds is 1. The van der Waals surface area contributed by atoms with E-state index in [2.05, 4.69) is 21.8 Å². The quantitative estimate of drug-likeness (QED) is 0.604. The number of nitrogens with zero attached hydrogens (tertiary/aromatic N) is 1. The van der Waals surface area contributed by atoms with Gasteiger partial charge >= 0.3 is 0 Å². The van der Waals surface area contributed by atoms with E-state index in [0.29, 0.717) is 10.6 Å². The molecule has 2 rings (SSSR count). The number of aromatic amines is 1. The van der Waals surface area contributed by atoms with Crippen LogP contribution in [0, 0.1) is 11.8 Å². The van der Waals surface area contributed by atoms with Crippen molar-refractivity contribution in [3.8, 4) is 11.8 Å². The minimum Gasteiger partial charge on any atom is -0.341 e. The van der Waals surface area contributed by atoms with E-state index in [1.807, 2.05) is 0 Å². The highest BCUT2D eigenvalue weighted by atomic mass is 35.5. The number of nitrogens with one attached hydrogen (secondary N) is 1. The van der Waals surface area contributed by atoms with Gasteiger partial charge in [0.1, 0.15) is 0 Å². The molecule has 4 heteroatoms. The van der Waals surface area contributed by atoms with Gasteiger partial charge in [-0.25, -0.2) is 4.98 Å². The number of halogens is 1. The van der Waals surface area contributed by atoms with E-state index in [1.165, 1.54) is 6.20 Å². The second-order valence-corrected chi connectivity index (χ2v) is 3.46. The largest absolute Gasteiger partial charge is 0.341 e. The van der Waals surface area contributed by atoms with Gasteiger partial charge in [0, 0.05) is 23.0 Å². The van der Waals surface area contributed by atoms with E-state index < -0.39 is 0 Å². The zero-order valence-electron chi connectivity index (χ0n) is 8.20. The molecule has 1 N–H and O–H groups in total. The highest BCUT2D eigenvalue weighted by Crippen LogP contribution is 2.09. The molecule has 1 aromatic heterocycles. The van der Waals surface area contributed by atoms with Crippen LogP contribution in [0.1, 0.15) is 16.2 Å². The molecule has 16 heavy (non-hydrogen) atoms. The second-order valence-electron chi connectivity index (χ2n) is 3.03. The third-order valence-corrected chi connectivity index (χ3v) is 2.09. The average Bonchev–Trinajstić information content (AvgIpc) is 2.79. The van der Waals surface area contributed by atoms with Crippen LogP contribution in [0.25, 0.3) is 0 Å². The van der Waals surface area contributed by atoms with Gasteiger partial charge < -0.3 is 4.98 Å². The maximum absolute atomic E-state index is 11.5. The summed E-state index contributed by atoms with van der Waals surface area (Å²) in [6.07, 6.45) is 3.09. The molecule has 0 saturated heterocycles. The summed E-state index contributed by atoms with van der Waals surface area (Å²) < 4.78 is 0. The van der Waals surface area contributed by atoms with Gasteiger partial charge in [0.05, 0.1) is 0 Å². The summed E-state index contributed by atoms with van der Waals surface area (Å²) >= 11 is 5.79. The minimum absolute atomic E-state index is 0.245. The Morgan fingerprint density at radius 3 is 3.00 bits per heavy atom. The lowest BCUT2D eigenvalue weighted by Gasteiger charge is -1.90. The molecule has 0 amide bonds. The van der Waals surface area contributed by atoms with E-state index >= 15 is 0 Å². The summed E-state index contributed by atoms with van der Waals surface area (Å²) in [7, 11) is 0. The van der Waals surface area contributed by atoms with Crippen LogP contribution in [0.15, 0.2) is 36.7 Å². The number of carbonyl (C=O) groups excluding carboxylic acids is 1. The normalized spacial score (nSPS) is 9.31. The van der Waals surface area contributed by atoms with Gasteiger partial charge in [-0.3, -0.25) is 4.79 Å². The fourth-order valence-electron chi connectivity index (χ4n) is 1.14. The first kappa shape index (κ1) is 10.5. The number of Topliss-reactive ketones (excluding diaryl/α,β-unsaturated/α-hetero) is 1. The predicted octanol–water partition coefficient (Wildman–Crippen LogP) is 2.30. The molecule has 1 aromatic carbocycles. The summed E-state index contributed by atoms with van der Waals surface area (Å²) in [4.78, 5) is 18.0. The third-order valence-electron chi connectivity index (χ3n) is 1.86. The molecule has 1 heterocycles. The molecule has 78 valence electrons. The first-order valence-corrected chi connectivity index (χ1v) is 4.95. The summed E-state index contributed by atoms with van der Waals surface area (Å²) in [6, 6.07) is 7.02. The van der Waals surface area contributed by atoms with E-state index in [0.717, 1.165) is 0 Å². The molecule has 0 aliphatic carbocycles. The Hall–Kier alpha value is -2.05. The number of benzene rings is 1. The molecular weight excluding hydrogens is 224 g/mol. The summed E-state index contributed by atoms with van der Waals surface area (Å²) in [5, 5.41) is 0.595. The van der Waals surface area contributed by atoms with Crippen molar-refractivity contribution in [3.63, 3.8) is 0 Å². The maximum Gasteiger partial charge on any atom is 0.271 e. The Kier molecular flexibility index (Phi) is 3.04. The molecule has 0 radical (unpaired) electrons. The zero-order valence-corrected chi connectivity index (χ0v) is 8.95. The third kappa shape index (κ3) is 2.50. The lowest BCUT2D eigenvalue weighted by molar-refractivity contribution is 0.104. The number of hydrogen-bond donors (Lipinski definition) is 1. The van der Waals surface area contributed by atoms with Gasteiger partial charge in [-0.2, -0.15) is 0 Å². The van der Waals surface area contributed by atoms with Gasteiger partial charge in [0.25, 0.3) is 5.78 Å². The van der Waals surface area contributed by atoms with Crippen LogP contribution < -0.4 is 0 Å². The Bertz CT molecular complexity index is 564. The van der Waals surface area contributed by atoms with Crippen molar-refractivity contribution in [2.24, 2.45) is 0 Å². The van der Waals surface area contributed by atoms with Gasteiger partial charge in [-0.1, -0.05) is 23.6 Å². The number of carbonyl (C=O) groups is 1. The van der Waals surface area contributed by atoms with Crippen LogP contribution in [0.2, 0.25) is 5.02 Å². The Morgan fingerprint density at radius 2 is 2.31 bits per heavy atom. The lowest BCUT2D eigenvalue weighted by atomic mass is 10.2. The number of aromatic nitrogens is 2. The molecule has 0 atom stereocenters. The fourth-order valence-corrected chi connectivity index (χ4v) is 1.33. The first-order valence-electron chi connectivity index (χ1n) is 4.57. The summed E-state index contributed by atoms with van der Waals surface area (Å²) in [6.45, 7) is 0. The molecule has 0 aliphatic heterocycles. The summed E-state index contributed by atoms with van der Waals surface area (Å²) in [5.74, 6) is 5.12. The molecule has 3 nitrogen and oxygen atoms in total. The topological polar surface area (TPSA) is 45.8 Å². The Morgan fingerprint density at radius 1 is 1.44 bits per heavy atom. The number of ketones is 1. The van der Waals surface area contributed by atoms with Gasteiger partial charge in [0.2, 0.25) is 0 Å². The van der Waals surface area contributed by atoms with E-state index in [9.17, 15) is 4.79 Å². The Labute approximate surface area is 97.5 Å². The Balaban J connectivity index is 2.20. The highest BCUT2D eigenvalue weighted by Gasteiger charge is 2.02. The van der Waals surface area contributed by atoms with Crippen molar-refractivity contribution >= 4 is 17.4 Å². The minimum atomic E-state index is -0.343.